The highest BCUT2D eigenvalue weighted by molar-refractivity contribution is 8.04. The number of anilines is 1. The first kappa shape index (κ1) is 31.9. The lowest BCUT2D eigenvalue weighted by atomic mass is 10.2. The Kier molecular flexibility index (Phi) is 12.0. The minimum atomic E-state index is -0.343. The molecule has 10 heteroatoms. The van der Waals surface area contributed by atoms with E-state index in [1.807, 2.05) is 59.9 Å². The number of allylic oxidation sites excluding steroid dienone is 4. The Morgan fingerprint density at radius 1 is 1.07 bits per heavy atom. The van der Waals surface area contributed by atoms with Crippen molar-refractivity contribution in [1.29, 1.82) is 0 Å². The first-order chi connectivity index (χ1) is 19.6. The number of aryl methyl sites for hydroxylation is 1. The molecule has 0 radical (unpaired) electrons. The lowest BCUT2D eigenvalue weighted by molar-refractivity contribution is -0.141. The van der Waals surface area contributed by atoms with E-state index in [-0.39, 0.29) is 30.8 Å². The van der Waals surface area contributed by atoms with Crippen LogP contribution in [-0.4, -0.2) is 52.7 Å². The molecule has 1 aromatic heterocycles. The maximum Gasteiger partial charge on any atom is 0.326 e. The van der Waals surface area contributed by atoms with Crippen LogP contribution < -0.4 is 4.31 Å². The van der Waals surface area contributed by atoms with Crippen molar-refractivity contribution >= 4 is 52.4 Å². The van der Waals surface area contributed by atoms with Crippen LogP contribution in [0.1, 0.15) is 26.5 Å². The van der Waals surface area contributed by atoms with Crippen molar-refractivity contribution in [2.24, 2.45) is 7.05 Å². The third-order valence-electron chi connectivity index (χ3n) is 5.97. The molecule has 218 valence electrons. The molecule has 1 N–H and O–H groups in total. The van der Waals surface area contributed by atoms with Crippen molar-refractivity contribution in [1.82, 2.24) is 8.87 Å². The molecular formula is C31H37N3O5S2. The van der Waals surface area contributed by atoms with Crippen LogP contribution in [0, 0.1) is 0 Å². The number of phenols is 1. The summed E-state index contributed by atoms with van der Waals surface area (Å²) >= 11 is 2.88. The Labute approximate surface area is 250 Å². The van der Waals surface area contributed by atoms with Crippen LogP contribution in [0.25, 0.3) is 10.9 Å². The van der Waals surface area contributed by atoms with Crippen molar-refractivity contribution in [2.75, 3.05) is 31.1 Å². The van der Waals surface area contributed by atoms with Crippen molar-refractivity contribution in [3.8, 4) is 5.75 Å². The molecule has 0 fully saturated rings. The molecule has 1 heterocycles. The van der Waals surface area contributed by atoms with Gasteiger partial charge in [-0.15, -0.1) is 0 Å². The fraction of sp³-hybridized carbons (Fsp3) is 0.290. The van der Waals surface area contributed by atoms with Crippen LogP contribution in [-0.2, 0) is 32.7 Å². The third-order valence-corrected chi connectivity index (χ3v) is 8.11. The average molecular weight is 596 g/mol. The van der Waals surface area contributed by atoms with E-state index < -0.39 is 0 Å². The Balaban J connectivity index is 1.92. The number of nitrogens with zero attached hydrogens (tertiary/aromatic N) is 3. The van der Waals surface area contributed by atoms with Gasteiger partial charge in [0.1, 0.15) is 18.8 Å². The number of phenolic OH excluding ortho intramolecular Hbond substituents is 1. The minimum Gasteiger partial charge on any atom is -0.508 e. The number of aromatic nitrogens is 1. The highest BCUT2D eigenvalue weighted by atomic mass is 32.2. The number of esters is 2. The monoisotopic (exact) mass is 595 g/mol. The maximum absolute atomic E-state index is 12.5. The molecule has 0 aliphatic rings. The van der Waals surface area contributed by atoms with Crippen molar-refractivity contribution in [3.05, 3.63) is 89.5 Å². The van der Waals surface area contributed by atoms with Crippen molar-refractivity contribution < 1.29 is 24.2 Å². The number of fused-ring (bicyclic) bond motifs is 1. The van der Waals surface area contributed by atoms with Gasteiger partial charge in [0, 0.05) is 39.1 Å². The molecular weight excluding hydrogens is 558 g/mol. The van der Waals surface area contributed by atoms with Gasteiger partial charge in [0.05, 0.1) is 20.3 Å². The van der Waals surface area contributed by atoms with Crippen LogP contribution in [0.3, 0.4) is 0 Å². The number of rotatable bonds is 14. The Bertz CT molecular complexity index is 1430. The maximum atomic E-state index is 12.5. The van der Waals surface area contributed by atoms with Gasteiger partial charge < -0.3 is 23.5 Å². The molecule has 0 spiro atoms. The van der Waals surface area contributed by atoms with Gasteiger partial charge in [-0.05, 0) is 99.3 Å². The number of hydrogen-bond donors (Lipinski definition) is 1. The summed E-state index contributed by atoms with van der Waals surface area (Å²) < 4.78 is 16.1. The molecule has 3 aromatic rings. The predicted octanol–water partition coefficient (Wildman–Crippen LogP) is 6.62. The number of methoxy groups -OCH3 is 1. The van der Waals surface area contributed by atoms with Crippen LogP contribution >= 0.6 is 23.9 Å². The third kappa shape index (κ3) is 9.48. The van der Waals surface area contributed by atoms with E-state index in [1.165, 1.54) is 31.0 Å². The molecule has 8 nitrogen and oxygen atoms in total. The van der Waals surface area contributed by atoms with Gasteiger partial charge in [-0.25, -0.2) is 4.31 Å². The van der Waals surface area contributed by atoms with Gasteiger partial charge in [0.2, 0.25) is 0 Å². The van der Waals surface area contributed by atoms with E-state index in [2.05, 4.69) is 23.3 Å². The summed E-state index contributed by atoms with van der Waals surface area (Å²) in [6.07, 6.45) is 5.91. The van der Waals surface area contributed by atoms with Gasteiger partial charge in [-0.3, -0.25) is 9.59 Å². The number of carbonyl (C=O) groups is 2. The Morgan fingerprint density at radius 3 is 2.44 bits per heavy atom. The molecule has 41 heavy (non-hydrogen) atoms. The highest BCUT2D eigenvalue weighted by Gasteiger charge is 2.19. The summed E-state index contributed by atoms with van der Waals surface area (Å²) in [4.78, 5) is 26.5. The molecule has 0 aliphatic heterocycles. The first-order valence-corrected chi connectivity index (χ1v) is 14.7. The molecule has 0 saturated heterocycles. The second-order valence-corrected chi connectivity index (χ2v) is 11.5. The van der Waals surface area contributed by atoms with E-state index >= 15 is 0 Å². The standard InChI is InChI=1S/C31H37N3O5S2/c1-7-27(13-9-22(3)4)41-34(21-31(37)39-8-2)24-10-16-29-23(17-24)18-25(32(29)5)19-33(20-30(36)38-6)40-28-14-11-26(35)12-15-28/h7,9-18,35H,3,8,19-21H2,1-2,4-6H3/b13-9-,27-7+. The molecule has 0 amide bonds. The molecule has 0 atom stereocenters. The topological polar surface area (TPSA) is 84.2 Å². The summed E-state index contributed by atoms with van der Waals surface area (Å²) in [6, 6.07) is 15.0. The van der Waals surface area contributed by atoms with Gasteiger partial charge in [-0.2, -0.15) is 0 Å². The molecule has 3 rings (SSSR count). The number of hydrogen-bond acceptors (Lipinski definition) is 9. The molecule has 0 bridgehead atoms. The quantitative estimate of drug-likeness (QED) is 0.126. The van der Waals surface area contributed by atoms with Gasteiger partial charge in [0.15, 0.2) is 0 Å². The molecule has 0 saturated carbocycles. The predicted molar refractivity (Wildman–Crippen MR) is 169 cm³/mol. The zero-order chi connectivity index (χ0) is 29.9. The summed E-state index contributed by atoms with van der Waals surface area (Å²) in [7, 11) is 3.36. The van der Waals surface area contributed by atoms with Gasteiger partial charge in [-0.1, -0.05) is 24.3 Å². The van der Waals surface area contributed by atoms with Crippen molar-refractivity contribution in [3.63, 3.8) is 0 Å². The fourth-order valence-corrected chi connectivity index (χ4v) is 5.70. The van der Waals surface area contributed by atoms with Crippen molar-refractivity contribution in [2.45, 2.75) is 32.2 Å². The highest BCUT2D eigenvalue weighted by Crippen LogP contribution is 2.33. The SMILES string of the molecule is C=C(C)/C=C\C(=C/C)SN(CC(=O)OCC)c1ccc2c(c1)cc(CN(CC(=O)OC)Sc1ccc(O)cc1)n2C. The van der Waals surface area contributed by atoms with Crippen LogP contribution in [0.5, 0.6) is 5.75 Å². The van der Waals surface area contributed by atoms with E-state index in [1.54, 1.807) is 31.2 Å². The zero-order valence-corrected chi connectivity index (χ0v) is 25.8. The first-order valence-electron chi connectivity index (χ1n) is 13.1. The van der Waals surface area contributed by atoms with E-state index in [9.17, 15) is 14.7 Å². The minimum absolute atomic E-state index is 0.0815. The normalized spacial score (nSPS) is 11.8. The molecule has 0 aliphatic carbocycles. The van der Waals surface area contributed by atoms with E-state index in [0.717, 1.165) is 37.7 Å². The second-order valence-electron chi connectivity index (χ2n) is 9.20. The lowest BCUT2D eigenvalue weighted by Gasteiger charge is -2.23. The van der Waals surface area contributed by atoms with Gasteiger partial charge >= 0.3 is 11.9 Å². The zero-order valence-electron chi connectivity index (χ0n) is 24.1. The summed E-state index contributed by atoms with van der Waals surface area (Å²) in [5, 5.41) is 10.6. The summed E-state index contributed by atoms with van der Waals surface area (Å²) in [6.45, 7) is 10.6. The molecule has 2 aromatic carbocycles. The van der Waals surface area contributed by atoms with Crippen LogP contribution in [0.2, 0.25) is 0 Å². The number of ether oxygens (including phenoxy) is 2. The van der Waals surface area contributed by atoms with Crippen LogP contribution in [0.15, 0.2) is 88.7 Å². The van der Waals surface area contributed by atoms with Gasteiger partial charge in [0.25, 0.3) is 0 Å². The van der Waals surface area contributed by atoms with E-state index in [4.69, 9.17) is 9.47 Å². The number of aromatic hydroxyl groups is 1. The number of carbonyl (C=O) groups excluding carboxylic acids is 2. The Hall–Kier alpha value is -3.60. The lowest BCUT2D eigenvalue weighted by Crippen LogP contribution is -2.25. The fourth-order valence-electron chi connectivity index (χ4n) is 3.90. The summed E-state index contributed by atoms with van der Waals surface area (Å²) in [5.74, 6) is -0.468. The molecule has 0 unspecified atom stereocenters. The number of benzene rings is 2. The smallest absolute Gasteiger partial charge is 0.326 e. The average Bonchev–Trinajstić information content (AvgIpc) is 3.25. The van der Waals surface area contributed by atoms with Crippen LogP contribution in [0.4, 0.5) is 5.69 Å². The largest absolute Gasteiger partial charge is 0.508 e. The summed E-state index contributed by atoms with van der Waals surface area (Å²) in [5.41, 5.74) is 3.81. The second kappa shape index (κ2) is 15.4. The van der Waals surface area contributed by atoms with E-state index in [0.29, 0.717) is 13.2 Å². The Morgan fingerprint density at radius 2 is 1.80 bits per heavy atom.